The van der Waals surface area contributed by atoms with Crippen LogP contribution in [-0.4, -0.2) is 18.0 Å². The van der Waals surface area contributed by atoms with Crippen molar-refractivity contribution < 1.29 is 14.3 Å². The second kappa shape index (κ2) is 8.70. The highest BCUT2D eigenvalue weighted by atomic mass is 32.1. The van der Waals surface area contributed by atoms with E-state index in [4.69, 9.17) is 4.74 Å². The first-order valence-electron chi connectivity index (χ1n) is 9.68. The summed E-state index contributed by atoms with van der Waals surface area (Å²) in [7, 11) is 0. The van der Waals surface area contributed by atoms with Crippen molar-refractivity contribution in [3.05, 3.63) is 56.8 Å². The van der Waals surface area contributed by atoms with Gasteiger partial charge in [-0.2, -0.15) is 0 Å². The van der Waals surface area contributed by atoms with Gasteiger partial charge in [-0.05, 0) is 62.3 Å². The SMILES string of the molecule is CCCc1cc(C(=O)OC(C)C(=O)NC2CCCc3ccccc32)sc1C. The molecule has 2 aromatic rings. The molecular weight excluding hydrogens is 358 g/mol. The Bertz CT molecular complexity index is 827. The zero-order chi connectivity index (χ0) is 19.4. The molecule has 0 radical (unpaired) electrons. The van der Waals surface area contributed by atoms with Crippen molar-refractivity contribution in [2.45, 2.75) is 65.0 Å². The lowest BCUT2D eigenvalue weighted by Crippen LogP contribution is -2.39. The number of ether oxygens (including phenoxy) is 1. The van der Waals surface area contributed by atoms with E-state index in [9.17, 15) is 9.59 Å². The molecule has 1 aliphatic rings. The van der Waals surface area contributed by atoms with Gasteiger partial charge in [0.15, 0.2) is 6.10 Å². The highest BCUT2D eigenvalue weighted by Crippen LogP contribution is 2.29. The predicted molar refractivity (Wildman–Crippen MR) is 108 cm³/mol. The van der Waals surface area contributed by atoms with Crippen LogP contribution >= 0.6 is 11.3 Å². The van der Waals surface area contributed by atoms with Gasteiger partial charge in [0, 0.05) is 4.88 Å². The summed E-state index contributed by atoms with van der Waals surface area (Å²) in [4.78, 5) is 26.7. The highest BCUT2D eigenvalue weighted by Gasteiger charge is 2.26. The normalized spacial score (nSPS) is 17.1. The Morgan fingerprint density at radius 1 is 1.33 bits per heavy atom. The van der Waals surface area contributed by atoms with E-state index in [0.717, 1.165) is 37.0 Å². The van der Waals surface area contributed by atoms with Gasteiger partial charge in [0.2, 0.25) is 0 Å². The molecule has 1 aromatic carbocycles. The molecule has 0 saturated heterocycles. The van der Waals surface area contributed by atoms with E-state index in [-0.39, 0.29) is 11.9 Å². The van der Waals surface area contributed by atoms with Gasteiger partial charge in [-0.25, -0.2) is 4.79 Å². The first-order valence-corrected chi connectivity index (χ1v) is 10.5. The largest absolute Gasteiger partial charge is 0.448 e. The molecule has 27 heavy (non-hydrogen) atoms. The number of nitrogens with one attached hydrogen (secondary N) is 1. The van der Waals surface area contributed by atoms with E-state index in [1.54, 1.807) is 6.92 Å². The highest BCUT2D eigenvalue weighted by molar-refractivity contribution is 7.14. The molecule has 5 heteroatoms. The van der Waals surface area contributed by atoms with Crippen LogP contribution < -0.4 is 5.32 Å². The van der Waals surface area contributed by atoms with Gasteiger partial charge in [-0.3, -0.25) is 4.79 Å². The summed E-state index contributed by atoms with van der Waals surface area (Å²) < 4.78 is 5.43. The molecule has 1 amide bonds. The van der Waals surface area contributed by atoms with Crippen LogP contribution in [0.5, 0.6) is 0 Å². The van der Waals surface area contributed by atoms with E-state index < -0.39 is 12.1 Å². The molecule has 1 N–H and O–H groups in total. The standard InChI is InChI=1S/C22H27NO3S/c1-4-8-17-13-20(27-15(17)3)22(25)26-14(2)21(24)23-19-12-7-10-16-9-5-6-11-18(16)19/h5-6,9,11,13-14,19H,4,7-8,10,12H2,1-3H3,(H,23,24). The van der Waals surface area contributed by atoms with E-state index in [2.05, 4.69) is 24.4 Å². The van der Waals surface area contributed by atoms with E-state index in [1.807, 2.05) is 25.1 Å². The van der Waals surface area contributed by atoms with E-state index in [0.29, 0.717) is 4.88 Å². The molecule has 2 atom stereocenters. The molecule has 0 fully saturated rings. The van der Waals surface area contributed by atoms with Crippen LogP contribution in [0.1, 0.15) is 70.4 Å². The Morgan fingerprint density at radius 2 is 2.11 bits per heavy atom. The maximum Gasteiger partial charge on any atom is 0.349 e. The Balaban J connectivity index is 1.61. The zero-order valence-electron chi connectivity index (χ0n) is 16.2. The molecular formula is C22H27NO3S. The van der Waals surface area contributed by atoms with Gasteiger partial charge in [0.25, 0.3) is 5.91 Å². The number of hydrogen-bond donors (Lipinski definition) is 1. The molecule has 0 saturated carbocycles. The fraction of sp³-hybridized carbons (Fsp3) is 0.455. The smallest absolute Gasteiger partial charge is 0.349 e. The number of benzene rings is 1. The summed E-state index contributed by atoms with van der Waals surface area (Å²) in [6.45, 7) is 5.77. The summed E-state index contributed by atoms with van der Waals surface area (Å²) in [5, 5.41) is 3.06. The summed E-state index contributed by atoms with van der Waals surface area (Å²) in [5.74, 6) is -0.663. The van der Waals surface area contributed by atoms with Crippen LogP contribution in [0.25, 0.3) is 0 Å². The Kier molecular flexibility index (Phi) is 6.32. The third-order valence-corrected chi connectivity index (χ3v) is 6.15. The third kappa shape index (κ3) is 4.59. The molecule has 144 valence electrons. The number of rotatable bonds is 6. The molecule has 1 aromatic heterocycles. The molecule has 1 heterocycles. The first-order chi connectivity index (χ1) is 13.0. The van der Waals surface area contributed by atoms with Crippen LogP contribution in [0.2, 0.25) is 0 Å². The monoisotopic (exact) mass is 385 g/mol. The molecule has 0 aliphatic heterocycles. The second-order valence-corrected chi connectivity index (χ2v) is 8.40. The van der Waals surface area contributed by atoms with Gasteiger partial charge in [0.05, 0.1) is 6.04 Å². The fourth-order valence-electron chi connectivity index (χ4n) is 3.60. The Labute approximate surface area is 164 Å². The van der Waals surface area contributed by atoms with Crippen molar-refractivity contribution in [2.24, 2.45) is 0 Å². The van der Waals surface area contributed by atoms with Crippen LogP contribution in [0.3, 0.4) is 0 Å². The Hall–Kier alpha value is -2.14. The number of aryl methyl sites for hydroxylation is 3. The minimum Gasteiger partial charge on any atom is -0.448 e. The fourth-order valence-corrected chi connectivity index (χ4v) is 4.56. The van der Waals surface area contributed by atoms with E-state index in [1.165, 1.54) is 28.0 Å². The maximum absolute atomic E-state index is 12.6. The van der Waals surface area contributed by atoms with Crippen molar-refractivity contribution in [1.29, 1.82) is 0 Å². The number of carbonyl (C=O) groups is 2. The summed E-state index contributed by atoms with van der Waals surface area (Å²) >= 11 is 1.44. The minimum atomic E-state index is -0.816. The number of carbonyl (C=O) groups excluding carboxylic acids is 2. The topological polar surface area (TPSA) is 55.4 Å². The Morgan fingerprint density at radius 3 is 2.89 bits per heavy atom. The molecule has 3 rings (SSSR count). The van der Waals surface area contributed by atoms with Crippen molar-refractivity contribution in [1.82, 2.24) is 5.32 Å². The van der Waals surface area contributed by atoms with Crippen molar-refractivity contribution >= 4 is 23.2 Å². The number of amides is 1. The summed E-state index contributed by atoms with van der Waals surface area (Å²) in [5.41, 5.74) is 3.65. The first kappa shape index (κ1) is 19.6. The van der Waals surface area contributed by atoms with E-state index >= 15 is 0 Å². The number of hydrogen-bond acceptors (Lipinski definition) is 4. The van der Waals surface area contributed by atoms with Crippen molar-refractivity contribution in [2.75, 3.05) is 0 Å². The average Bonchev–Trinajstić information content (AvgIpc) is 3.03. The zero-order valence-corrected chi connectivity index (χ0v) is 17.0. The van der Waals surface area contributed by atoms with Crippen molar-refractivity contribution in [3.63, 3.8) is 0 Å². The van der Waals surface area contributed by atoms with Crippen LogP contribution in [0.4, 0.5) is 0 Å². The second-order valence-electron chi connectivity index (χ2n) is 7.14. The summed E-state index contributed by atoms with van der Waals surface area (Å²) in [6, 6.07) is 10.1. The van der Waals surface area contributed by atoms with Crippen molar-refractivity contribution in [3.8, 4) is 0 Å². The van der Waals surface area contributed by atoms with Crippen LogP contribution in [0, 0.1) is 6.92 Å². The van der Waals surface area contributed by atoms with Gasteiger partial charge < -0.3 is 10.1 Å². The van der Waals surface area contributed by atoms with Gasteiger partial charge >= 0.3 is 5.97 Å². The predicted octanol–water partition coefficient (Wildman–Crippen LogP) is 4.75. The van der Waals surface area contributed by atoms with Crippen LogP contribution in [0.15, 0.2) is 30.3 Å². The molecule has 0 spiro atoms. The number of fused-ring (bicyclic) bond motifs is 1. The number of esters is 1. The number of thiophene rings is 1. The molecule has 1 aliphatic carbocycles. The van der Waals surface area contributed by atoms with Gasteiger partial charge in [-0.15, -0.1) is 11.3 Å². The molecule has 2 unspecified atom stereocenters. The summed E-state index contributed by atoms with van der Waals surface area (Å²) in [6.07, 6.45) is 4.17. The lowest BCUT2D eigenvalue weighted by atomic mass is 9.87. The minimum absolute atomic E-state index is 0.0104. The molecule has 4 nitrogen and oxygen atoms in total. The third-order valence-electron chi connectivity index (χ3n) is 5.08. The van der Waals surface area contributed by atoms with Crippen LogP contribution in [-0.2, 0) is 22.4 Å². The quantitative estimate of drug-likeness (QED) is 0.730. The lowest BCUT2D eigenvalue weighted by molar-refractivity contribution is -0.130. The van der Waals surface area contributed by atoms with Gasteiger partial charge in [0.1, 0.15) is 4.88 Å². The lowest BCUT2D eigenvalue weighted by Gasteiger charge is -2.27. The maximum atomic E-state index is 12.6. The van der Waals surface area contributed by atoms with Gasteiger partial charge in [-0.1, -0.05) is 37.6 Å². The molecule has 0 bridgehead atoms. The average molecular weight is 386 g/mol.